The largest absolute Gasteiger partial charge is 0.324 e. The highest BCUT2D eigenvalue weighted by Gasteiger charge is 2.11. The quantitative estimate of drug-likeness (QED) is 0.794. The molecule has 0 aliphatic heterocycles. The molecule has 1 aromatic carbocycles. The van der Waals surface area contributed by atoms with Crippen LogP contribution in [-0.2, 0) is 6.42 Å². The molecular weight excluding hydrogens is 254 g/mol. The summed E-state index contributed by atoms with van der Waals surface area (Å²) in [6.07, 6.45) is 4.86. The number of imidazole rings is 1. The molecule has 19 heavy (non-hydrogen) atoms. The smallest absolute Gasteiger partial charge is 0.193 e. The van der Waals surface area contributed by atoms with Crippen LogP contribution in [0.3, 0.4) is 0 Å². The normalized spacial score (nSPS) is 13.0. The van der Waals surface area contributed by atoms with Gasteiger partial charge in [0.2, 0.25) is 0 Å². The van der Waals surface area contributed by atoms with E-state index in [-0.39, 0.29) is 6.04 Å². The Balaban J connectivity index is 1.82. The van der Waals surface area contributed by atoms with Gasteiger partial charge in [-0.2, -0.15) is 0 Å². The highest BCUT2D eigenvalue weighted by molar-refractivity contribution is 7.15. The number of benzene rings is 1. The third kappa shape index (κ3) is 2.41. The van der Waals surface area contributed by atoms with Gasteiger partial charge >= 0.3 is 0 Å². The SMILES string of the molecule is Cc1ccc(C(N)Cc2cn3ccsc3n2)cc1C. The summed E-state index contributed by atoms with van der Waals surface area (Å²) < 4.78 is 2.05. The van der Waals surface area contributed by atoms with Gasteiger partial charge in [-0.05, 0) is 30.5 Å². The Hall–Kier alpha value is -1.65. The van der Waals surface area contributed by atoms with Gasteiger partial charge in [-0.1, -0.05) is 18.2 Å². The number of aryl methyl sites for hydroxylation is 2. The molecule has 0 amide bonds. The lowest BCUT2D eigenvalue weighted by Gasteiger charge is -2.12. The van der Waals surface area contributed by atoms with Crippen LogP contribution in [-0.4, -0.2) is 9.38 Å². The predicted molar refractivity (Wildman–Crippen MR) is 79.6 cm³/mol. The molecule has 0 radical (unpaired) electrons. The number of hydrogen-bond acceptors (Lipinski definition) is 3. The summed E-state index contributed by atoms with van der Waals surface area (Å²) in [7, 11) is 0. The molecule has 2 N–H and O–H groups in total. The maximum absolute atomic E-state index is 6.29. The minimum absolute atomic E-state index is 0.00362. The van der Waals surface area contributed by atoms with Crippen LogP contribution in [0, 0.1) is 13.8 Å². The predicted octanol–water partition coefficient (Wildman–Crippen LogP) is 3.26. The summed E-state index contributed by atoms with van der Waals surface area (Å²) in [5, 5.41) is 2.04. The van der Waals surface area contributed by atoms with Gasteiger partial charge in [0.15, 0.2) is 4.96 Å². The first-order valence-electron chi connectivity index (χ1n) is 6.37. The molecular formula is C15H17N3S. The zero-order valence-electron chi connectivity index (χ0n) is 11.1. The summed E-state index contributed by atoms with van der Waals surface area (Å²) in [4.78, 5) is 5.61. The maximum atomic E-state index is 6.29. The van der Waals surface area contributed by atoms with Gasteiger partial charge in [0.1, 0.15) is 0 Å². The van der Waals surface area contributed by atoms with E-state index in [0.29, 0.717) is 0 Å². The lowest BCUT2D eigenvalue weighted by Crippen LogP contribution is -2.13. The average molecular weight is 271 g/mol. The molecule has 2 aromatic heterocycles. The minimum atomic E-state index is 0.00362. The molecule has 1 atom stereocenters. The van der Waals surface area contributed by atoms with Gasteiger partial charge < -0.3 is 5.73 Å². The zero-order valence-corrected chi connectivity index (χ0v) is 11.9. The Labute approximate surface area is 116 Å². The van der Waals surface area contributed by atoms with Crippen molar-refractivity contribution in [3.63, 3.8) is 0 Å². The summed E-state index contributed by atoms with van der Waals surface area (Å²) in [6, 6.07) is 6.43. The van der Waals surface area contributed by atoms with Crippen LogP contribution in [0.2, 0.25) is 0 Å². The van der Waals surface area contributed by atoms with Crippen molar-refractivity contribution >= 4 is 16.3 Å². The summed E-state index contributed by atoms with van der Waals surface area (Å²) in [6.45, 7) is 4.24. The number of hydrogen-bond donors (Lipinski definition) is 1. The fourth-order valence-electron chi connectivity index (χ4n) is 2.21. The maximum Gasteiger partial charge on any atom is 0.193 e. The Morgan fingerprint density at radius 1 is 1.32 bits per heavy atom. The first-order chi connectivity index (χ1) is 9.13. The van der Waals surface area contributed by atoms with Crippen molar-refractivity contribution in [2.24, 2.45) is 5.73 Å². The molecule has 1 unspecified atom stereocenters. The second-order valence-corrected chi connectivity index (χ2v) is 5.85. The molecule has 4 heteroatoms. The van der Waals surface area contributed by atoms with E-state index < -0.39 is 0 Å². The molecule has 0 bridgehead atoms. The summed E-state index contributed by atoms with van der Waals surface area (Å²) in [5.41, 5.74) is 11.1. The van der Waals surface area contributed by atoms with E-state index >= 15 is 0 Å². The summed E-state index contributed by atoms with van der Waals surface area (Å²) in [5.74, 6) is 0. The third-order valence-electron chi connectivity index (χ3n) is 3.53. The Bertz CT molecular complexity index is 683. The fourth-order valence-corrected chi connectivity index (χ4v) is 2.93. The lowest BCUT2D eigenvalue weighted by molar-refractivity contribution is 0.709. The van der Waals surface area contributed by atoms with Crippen LogP contribution in [0.15, 0.2) is 36.0 Å². The first kappa shape index (κ1) is 12.4. The first-order valence-corrected chi connectivity index (χ1v) is 7.25. The molecule has 0 aliphatic rings. The fraction of sp³-hybridized carbons (Fsp3) is 0.267. The van der Waals surface area contributed by atoms with Gasteiger partial charge in [0.25, 0.3) is 0 Å². The summed E-state index contributed by atoms with van der Waals surface area (Å²) >= 11 is 1.65. The molecule has 0 saturated heterocycles. The van der Waals surface area contributed by atoms with Crippen molar-refractivity contribution in [2.45, 2.75) is 26.3 Å². The van der Waals surface area contributed by atoms with Crippen molar-refractivity contribution in [1.82, 2.24) is 9.38 Å². The van der Waals surface area contributed by atoms with Crippen molar-refractivity contribution in [3.05, 3.63) is 58.4 Å². The Morgan fingerprint density at radius 2 is 2.16 bits per heavy atom. The van der Waals surface area contributed by atoms with Crippen LogP contribution in [0.25, 0.3) is 4.96 Å². The molecule has 0 spiro atoms. The van der Waals surface area contributed by atoms with Gasteiger partial charge in [-0.15, -0.1) is 11.3 Å². The van der Waals surface area contributed by atoms with E-state index in [2.05, 4.69) is 43.2 Å². The van der Waals surface area contributed by atoms with Crippen molar-refractivity contribution < 1.29 is 0 Å². The zero-order chi connectivity index (χ0) is 13.4. The van der Waals surface area contributed by atoms with Crippen molar-refractivity contribution in [2.75, 3.05) is 0 Å². The third-order valence-corrected chi connectivity index (χ3v) is 4.30. The monoisotopic (exact) mass is 271 g/mol. The number of rotatable bonds is 3. The van der Waals surface area contributed by atoms with Gasteiger partial charge in [-0.3, -0.25) is 4.40 Å². The second kappa shape index (κ2) is 4.79. The number of aromatic nitrogens is 2. The molecule has 0 saturated carbocycles. The van der Waals surface area contributed by atoms with E-state index in [0.717, 1.165) is 17.1 Å². The second-order valence-electron chi connectivity index (χ2n) is 4.98. The molecule has 3 rings (SSSR count). The molecule has 0 fully saturated rings. The number of thiazole rings is 1. The van der Waals surface area contributed by atoms with Crippen molar-refractivity contribution in [3.8, 4) is 0 Å². The average Bonchev–Trinajstić information content (AvgIpc) is 2.93. The Kier molecular flexibility index (Phi) is 3.12. The van der Waals surface area contributed by atoms with Crippen LogP contribution in [0.5, 0.6) is 0 Å². The van der Waals surface area contributed by atoms with Gasteiger partial charge in [0.05, 0.1) is 5.69 Å². The highest BCUT2D eigenvalue weighted by atomic mass is 32.1. The van der Waals surface area contributed by atoms with E-state index in [1.165, 1.54) is 16.7 Å². The van der Waals surface area contributed by atoms with Gasteiger partial charge in [-0.25, -0.2) is 4.98 Å². The van der Waals surface area contributed by atoms with E-state index in [9.17, 15) is 0 Å². The molecule has 0 aliphatic carbocycles. The number of nitrogens with two attached hydrogens (primary N) is 1. The Morgan fingerprint density at radius 3 is 2.89 bits per heavy atom. The minimum Gasteiger partial charge on any atom is -0.324 e. The van der Waals surface area contributed by atoms with Crippen LogP contribution in [0.1, 0.15) is 28.4 Å². The van der Waals surface area contributed by atoms with E-state index in [1.807, 2.05) is 16.0 Å². The molecule has 3 aromatic rings. The molecule has 98 valence electrons. The highest BCUT2D eigenvalue weighted by Crippen LogP contribution is 2.20. The molecule has 2 heterocycles. The van der Waals surface area contributed by atoms with E-state index in [4.69, 9.17) is 5.73 Å². The van der Waals surface area contributed by atoms with Crippen molar-refractivity contribution in [1.29, 1.82) is 0 Å². The van der Waals surface area contributed by atoms with Crippen LogP contribution in [0.4, 0.5) is 0 Å². The molecule has 3 nitrogen and oxygen atoms in total. The van der Waals surface area contributed by atoms with E-state index in [1.54, 1.807) is 11.3 Å². The standard InChI is InChI=1S/C15H17N3S/c1-10-3-4-12(7-11(10)2)14(16)8-13-9-18-5-6-19-15(18)17-13/h3-7,9,14H,8,16H2,1-2H3. The van der Waals surface area contributed by atoms with Crippen LogP contribution < -0.4 is 5.73 Å². The van der Waals surface area contributed by atoms with Crippen LogP contribution >= 0.6 is 11.3 Å². The van der Waals surface area contributed by atoms with Gasteiger partial charge in [0, 0.05) is 30.2 Å². The topological polar surface area (TPSA) is 43.3 Å². The number of fused-ring (bicyclic) bond motifs is 1. The number of nitrogens with zero attached hydrogens (tertiary/aromatic N) is 2. The lowest BCUT2D eigenvalue weighted by atomic mass is 9.99.